The number of amides is 1. The SMILES string of the molecule is CSc1ccc(NC(=O)c2nccnc2N)cc1. The van der Waals surface area contributed by atoms with Gasteiger partial charge in [-0.05, 0) is 30.5 Å². The van der Waals surface area contributed by atoms with E-state index in [9.17, 15) is 4.79 Å². The number of nitrogens with two attached hydrogens (primary N) is 1. The number of aromatic nitrogens is 2. The van der Waals surface area contributed by atoms with Crippen LogP contribution in [0.4, 0.5) is 11.5 Å². The lowest BCUT2D eigenvalue weighted by molar-refractivity contribution is 0.102. The molecule has 2 aromatic rings. The van der Waals surface area contributed by atoms with Crippen LogP contribution in [0.15, 0.2) is 41.6 Å². The van der Waals surface area contributed by atoms with E-state index < -0.39 is 0 Å². The molecule has 0 saturated carbocycles. The highest BCUT2D eigenvalue weighted by Gasteiger charge is 2.11. The molecule has 18 heavy (non-hydrogen) atoms. The highest BCUT2D eigenvalue weighted by molar-refractivity contribution is 7.98. The lowest BCUT2D eigenvalue weighted by atomic mass is 10.3. The topological polar surface area (TPSA) is 80.9 Å². The minimum absolute atomic E-state index is 0.121. The van der Waals surface area contributed by atoms with Crippen molar-refractivity contribution in [3.05, 3.63) is 42.4 Å². The van der Waals surface area contributed by atoms with Gasteiger partial charge in [0.1, 0.15) is 0 Å². The Balaban J connectivity index is 2.14. The molecule has 0 aliphatic rings. The molecule has 0 aliphatic carbocycles. The van der Waals surface area contributed by atoms with Crippen LogP contribution in [0.3, 0.4) is 0 Å². The Kier molecular flexibility index (Phi) is 3.78. The van der Waals surface area contributed by atoms with E-state index in [1.807, 2.05) is 30.5 Å². The molecular formula is C12H12N4OS. The quantitative estimate of drug-likeness (QED) is 0.825. The van der Waals surface area contributed by atoms with Gasteiger partial charge >= 0.3 is 0 Å². The van der Waals surface area contributed by atoms with Gasteiger partial charge in [0.15, 0.2) is 11.5 Å². The van der Waals surface area contributed by atoms with Gasteiger partial charge in [-0.15, -0.1) is 11.8 Å². The van der Waals surface area contributed by atoms with E-state index in [1.54, 1.807) is 11.8 Å². The zero-order valence-corrected chi connectivity index (χ0v) is 10.6. The van der Waals surface area contributed by atoms with Gasteiger partial charge in [-0.3, -0.25) is 4.79 Å². The smallest absolute Gasteiger partial charge is 0.278 e. The summed E-state index contributed by atoms with van der Waals surface area (Å²) in [6, 6.07) is 7.52. The third kappa shape index (κ3) is 2.78. The van der Waals surface area contributed by atoms with Gasteiger partial charge in [0.05, 0.1) is 0 Å². The molecule has 0 atom stereocenters. The number of nitrogens with zero attached hydrogens (tertiary/aromatic N) is 2. The number of benzene rings is 1. The summed E-state index contributed by atoms with van der Waals surface area (Å²) in [7, 11) is 0. The number of nitrogens with one attached hydrogen (secondary N) is 1. The molecule has 0 unspecified atom stereocenters. The first-order valence-corrected chi connectivity index (χ1v) is 6.45. The van der Waals surface area contributed by atoms with Crippen molar-refractivity contribution in [2.75, 3.05) is 17.3 Å². The van der Waals surface area contributed by atoms with Crippen molar-refractivity contribution in [3.63, 3.8) is 0 Å². The van der Waals surface area contributed by atoms with Crippen LogP contribution in [0.1, 0.15) is 10.5 Å². The van der Waals surface area contributed by atoms with Gasteiger partial charge in [-0.25, -0.2) is 9.97 Å². The highest BCUT2D eigenvalue weighted by atomic mass is 32.2. The second-order valence-electron chi connectivity index (χ2n) is 3.47. The number of thioether (sulfide) groups is 1. The van der Waals surface area contributed by atoms with Gasteiger partial charge in [-0.1, -0.05) is 0 Å². The van der Waals surface area contributed by atoms with Crippen molar-refractivity contribution in [3.8, 4) is 0 Å². The van der Waals surface area contributed by atoms with Crippen LogP contribution in [0, 0.1) is 0 Å². The van der Waals surface area contributed by atoms with E-state index in [1.165, 1.54) is 12.4 Å². The number of carbonyl (C=O) groups is 1. The predicted octanol–water partition coefficient (Wildman–Crippen LogP) is 2.03. The molecule has 0 spiro atoms. The molecule has 1 aromatic heterocycles. The van der Waals surface area contributed by atoms with Crippen molar-refractivity contribution in [2.24, 2.45) is 0 Å². The fourth-order valence-electron chi connectivity index (χ4n) is 1.39. The van der Waals surface area contributed by atoms with E-state index in [2.05, 4.69) is 15.3 Å². The third-order valence-corrected chi connectivity index (χ3v) is 3.03. The summed E-state index contributed by atoms with van der Waals surface area (Å²) >= 11 is 1.64. The number of hydrogen-bond acceptors (Lipinski definition) is 5. The molecule has 2 rings (SSSR count). The Morgan fingerprint density at radius 3 is 2.50 bits per heavy atom. The summed E-state index contributed by atoms with van der Waals surface area (Å²) in [6.45, 7) is 0. The monoisotopic (exact) mass is 260 g/mol. The summed E-state index contributed by atoms with van der Waals surface area (Å²) in [5.74, 6) is -0.242. The summed E-state index contributed by atoms with van der Waals surface area (Å²) in [4.78, 5) is 20.7. The highest BCUT2D eigenvalue weighted by Crippen LogP contribution is 2.18. The molecule has 1 amide bonds. The van der Waals surface area contributed by atoms with Crippen LogP contribution in [0.2, 0.25) is 0 Å². The van der Waals surface area contributed by atoms with Crippen LogP contribution >= 0.6 is 11.8 Å². The van der Waals surface area contributed by atoms with E-state index >= 15 is 0 Å². The first-order valence-electron chi connectivity index (χ1n) is 5.22. The molecule has 5 nitrogen and oxygen atoms in total. The van der Waals surface area contributed by atoms with Gasteiger partial charge < -0.3 is 11.1 Å². The standard InChI is InChI=1S/C12H12N4OS/c1-18-9-4-2-8(3-5-9)16-12(17)10-11(13)15-7-6-14-10/h2-7H,1H3,(H2,13,15)(H,16,17). The predicted molar refractivity (Wildman–Crippen MR) is 72.6 cm³/mol. The second kappa shape index (κ2) is 5.50. The normalized spacial score (nSPS) is 10.1. The third-order valence-electron chi connectivity index (χ3n) is 2.29. The molecule has 3 N–H and O–H groups in total. The average Bonchev–Trinajstić information content (AvgIpc) is 2.40. The minimum Gasteiger partial charge on any atom is -0.382 e. The molecule has 1 heterocycles. The van der Waals surface area contributed by atoms with E-state index in [-0.39, 0.29) is 17.4 Å². The Morgan fingerprint density at radius 1 is 1.22 bits per heavy atom. The molecule has 0 radical (unpaired) electrons. The zero-order chi connectivity index (χ0) is 13.0. The zero-order valence-electron chi connectivity index (χ0n) is 9.75. The maximum Gasteiger partial charge on any atom is 0.278 e. The molecule has 0 saturated heterocycles. The van der Waals surface area contributed by atoms with Gasteiger partial charge in [0.2, 0.25) is 0 Å². The molecule has 0 bridgehead atoms. The van der Waals surface area contributed by atoms with Gasteiger partial charge in [-0.2, -0.15) is 0 Å². The van der Waals surface area contributed by atoms with E-state index in [4.69, 9.17) is 5.73 Å². The lowest BCUT2D eigenvalue weighted by Crippen LogP contribution is -2.16. The van der Waals surface area contributed by atoms with Crippen molar-refractivity contribution >= 4 is 29.2 Å². The average molecular weight is 260 g/mol. The summed E-state index contributed by atoms with van der Waals surface area (Å²) < 4.78 is 0. The molecule has 0 fully saturated rings. The first kappa shape index (κ1) is 12.4. The summed E-state index contributed by atoms with van der Waals surface area (Å²) in [6.07, 6.45) is 4.87. The number of anilines is 2. The molecule has 6 heteroatoms. The number of carbonyl (C=O) groups excluding carboxylic acids is 1. The van der Waals surface area contributed by atoms with E-state index in [0.717, 1.165) is 4.90 Å². The fraction of sp³-hybridized carbons (Fsp3) is 0.0833. The van der Waals surface area contributed by atoms with Crippen molar-refractivity contribution in [2.45, 2.75) is 4.90 Å². The summed E-state index contributed by atoms with van der Waals surface area (Å²) in [5, 5.41) is 2.72. The van der Waals surface area contributed by atoms with Crippen LogP contribution in [-0.2, 0) is 0 Å². The molecule has 92 valence electrons. The summed E-state index contributed by atoms with van der Waals surface area (Å²) in [5.41, 5.74) is 6.41. The molecule has 0 aliphatic heterocycles. The number of rotatable bonds is 3. The minimum atomic E-state index is -0.363. The molecule has 1 aromatic carbocycles. The maximum absolute atomic E-state index is 11.9. The van der Waals surface area contributed by atoms with E-state index in [0.29, 0.717) is 5.69 Å². The van der Waals surface area contributed by atoms with Crippen molar-refractivity contribution in [1.29, 1.82) is 0 Å². The Bertz CT molecular complexity index is 556. The second-order valence-corrected chi connectivity index (χ2v) is 4.35. The largest absolute Gasteiger partial charge is 0.382 e. The maximum atomic E-state index is 11.9. The van der Waals surface area contributed by atoms with Gasteiger partial charge in [0, 0.05) is 23.0 Å². The Hall–Kier alpha value is -2.08. The van der Waals surface area contributed by atoms with Crippen LogP contribution in [0.25, 0.3) is 0 Å². The molecular weight excluding hydrogens is 248 g/mol. The van der Waals surface area contributed by atoms with Crippen LogP contribution in [0.5, 0.6) is 0 Å². The lowest BCUT2D eigenvalue weighted by Gasteiger charge is -2.06. The van der Waals surface area contributed by atoms with Crippen molar-refractivity contribution in [1.82, 2.24) is 9.97 Å². The number of hydrogen-bond donors (Lipinski definition) is 2. The van der Waals surface area contributed by atoms with Gasteiger partial charge in [0.25, 0.3) is 5.91 Å². The first-order chi connectivity index (χ1) is 8.70. The number of nitrogen functional groups attached to an aromatic ring is 1. The fourth-order valence-corrected chi connectivity index (χ4v) is 1.80. The Morgan fingerprint density at radius 2 is 1.89 bits per heavy atom. The van der Waals surface area contributed by atoms with Crippen molar-refractivity contribution < 1.29 is 4.79 Å². The van der Waals surface area contributed by atoms with Crippen LogP contribution in [-0.4, -0.2) is 22.1 Å². The van der Waals surface area contributed by atoms with Crippen LogP contribution < -0.4 is 11.1 Å². The Labute approximate surface area is 109 Å².